The summed E-state index contributed by atoms with van der Waals surface area (Å²) in [6.07, 6.45) is 8.11. The topological polar surface area (TPSA) is 78.8 Å². The van der Waals surface area contributed by atoms with Crippen LogP contribution in [0.4, 0.5) is 0 Å². The van der Waals surface area contributed by atoms with Crippen molar-refractivity contribution in [2.75, 3.05) is 20.6 Å². The molecule has 0 bridgehead atoms. The summed E-state index contributed by atoms with van der Waals surface area (Å²) in [4.78, 5) is 40.0. The minimum atomic E-state index is -0.374. The molecule has 0 saturated carbocycles. The summed E-state index contributed by atoms with van der Waals surface area (Å²) in [5.74, 6) is -0.525. The highest BCUT2D eigenvalue weighted by Gasteiger charge is 2.30. The number of imide groups is 1. The Bertz CT molecular complexity index is 521. The van der Waals surface area contributed by atoms with E-state index in [-0.39, 0.29) is 17.9 Å². The number of allylic oxidation sites excluding steroid dienone is 3. The standard InChI is InChI=1S/C16H23N3O3/c1-4-5-6-7-12(13(11-20)17-2)10-19(3)14-8-9-15(21)18-16(14)22/h5-7,11,14H,4,8-10H2,1-3H3,(H,18,21,22)/b6-5+,12-7-,17-13-. The number of piperidine rings is 1. The van der Waals surface area contributed by atoms with Crippen molar-refractivity contribution in [1.82, 2.24) is 10.2 Å². The van der Waals surface area contributed by atoms with Crippen molar-refractivity contribution in [2.45, 2.75) is 32.2 Å². The second kappa shape index (κ2) is 9.04. The Balaban J connectivity index is 2.86. The number of aliphatic imine (C=N–C) groups is 1. The third-order valence-corrected chi connectivity index (χ3v) is 3.51. The summed E-state index contributed by atoms with van der Waals surface area (Å²) in [6, 6.07) is -0.374. The molecule has 0 radical (unpaired) electrons. The third-order valence-electron chi connectivity index (χ3n) is 3.51. The van der Waals surface area contributed by atoms with E-state index in [2.05, 4.69) is 10.3 Å². The Morgan fingerprint density at radius 1 is 1.45 bits per heavy atom. The molecule has 6 heteroatoms. The van der Waals surface area contributed by atoms with Crippen LogP contribution in [0.25, 0.3) is 0 Å². The monoisotopic (exact) mass is 305 g/mol. The number of carbonyl (C=O) groups is 3. The summed E-state index contributed by atoms with van der Waals surface area (Å²) < 4.78 is 0. The van der Waals surface area contributed by atoms with E-state index in [1.165, 1.54) is 0 Å². The van der Waals surface area contributed by atoms with Gasteiger partial charge in [-0.15, -0.1) is 0 Å². The van der Waals surface area contributed by atoms with Crippen LogP contribution in [-0.2, 0) is 14.4 Å². The Morgan fingerprint density at radius 2 is 2.18 bits per heavy atom. The van der Waals surface area contributed by atoms with Gasteiger partial charge in [-0.05, 0) is 25.5 Å². The molecule has 0 aromatic rings. The number of amides is 2. The average Bonchev–Trinajstić information content (AvgIpc) is 2.48. The van der Waals surface area contributed by atoms with Gasteiger partial charge in [0.05, 0.1) is 6.04 Å². The number of aldehydes is 1. The van der Waals surface area contributed by atoms with Crippen LogP contribution < -0.4 is 5.32 Å². The molecule has 1 N–H and O–H groups in total. The Labute approximate surface area is 131 Å². The Morgan fingerprint density at radius 3 is 2.73 bits per heavy atom. The van der Waals surface area contributed by atoms with E-state index in [0.717, 1.165) is 12.0 Å². The molecule has 1 atom stereocenters. The van der Waals surface area contributed by atoms with Crippen molar-refractivity contribution in [3.05, 3.63) is 23.8 Å². The maximum atomic E-state index is 11.9. The quantitative estimate of drug-likeness (QED) is 0.328. The molecule has 0 aromatic heterocycles. The van der Waals surface area contributed by atoms with Gasteiger partial charge in [0.15, 0.2) is 6.29 Å². The average molecular weight is 305 g/mol. The van der Waals surface area contributed by atoms with Crippen LogP contribution in [-0.4, -0.2) is 55.4 Å². The van der Waals surface area contributed by atoms with Gasteiger partial charge in [0, 0.05) is 20.0 Å². The van der Waals surface area contributed by atoms with Gasteiger partial charge in [-0.25, -0.2) is 0 Å². The fourth-order valence-electron chi connectivity index (χ4n) is 2.29. The van der Waals surface area contributed by atoms with Crippen LogP contribution in [0, 0.1) is 0 Å². The molecule has 0 spiro atoms. The molecular formula is C16H23N3O3. The largest absolute Gasteiger partial charge is 0.296 e. The van der Waals surface area contributed by atoms with Crippen molar-refractivity contribution in [2.24, 2.45) is 4.99 Å². The normalized spacial score (nSPS) is 20.6. The van der Waals surface area contributed by atoms with Crippen molar-refractivity contribution >= 4 is 23.8 Å². The zero-order valence-electron chi connectivity index (χ0n) is 13.3. The van der Waals surface area contributed by atoms with E-state index in [9.17, 15) is 14.4 Å². The lowest BCUT2D eigenvalue weighted by Crippen LogP contribution is -2.51. The number of hydrogen-bond donors (Lipinski definition) is 1. The van der Waals surface area contributed by atoms with Crippen molar-refractivity contribution in [3.63, 3.8) is 0 Å². The molecule has 22 heavy (non-hydrogen) atoms. The van der Waals surface area contributed by atoms with E-state index in [0.29, 0.717) is 31.4 Å². The van der Waals surface area contributed by atoms with E-state index in [1.807, 2.05) is 30.1 Å². The molecule has 1 rings (SSSR count). The van der Waals surface area contributed by atoms with Gasteiger partial charge in [0.1, 0.15) is 5.71 Å². The van der Waals surface area contributed by atoms with Crippen molar-refractivity contribution in [3.8, 4) is 0 Å². The van der Waals surface area contributed by atoms with Crippen LogP contribution >= 0.6 is 0 Å². The van der Waals surface area contributed by atoms with Crippen LogP contribution in [0.3, 0.4) is 0 Å². The molecular weight excluding hydrogens is 282 g/mol. The van der Waals surface area contributed by atoms with E-state index < -0.39 is 0 Å². The summed E-state index contributed by atoms with van der Waals surface area (Å²) in [6.45, 7) is 2.43. The number of hydrogen-bond acceptors (Lipinski definition) is 5. The summed E-state index contributed by atoms with van der Waals surface area (Å²) in [5.41, 5.74) is 1.11. The van der Waals surface area contributed by atoms with Gasteiger partial charge >= 0.3 is 0 Å². The predicted molar refractivity (Wildman–Crippen MR) is 85.7 cm³/mol. The van der Waals surface area contributed by atoms with E-state index in [4.69, 9.17) is 0 Å². The zero-order valence-corrected chi connectivity index (χ0v) is 13.3. The van der Waals surface area contributed by atoms with Crippen LogP contribution in [0.5, 0.6) is 0 Å². The third kappa shape index (κ3) is 5.04. The highest BCUT2D eigenvalue weighted by Crippen LogP contribution is 2.13. The molecule has 0 aliphatic carbocycles. The molecule has 1 unspecified atom stereocenters. The van der Waals surface area contributed by atoms with Gasteiger partial charge in [-0.3, -0.25) is 29.6 Å². The fourth-order valence-corrected chi connectivity index (χ4v) is 2.29. The smallest absolute Gasteiger partial charge is 0.243 e. The van der Waals surface area contributed by atoms with Gasteiger partial charge in [0.25, 0.3) is 0 Å². The number of likely N-dealkylation sites (N-methyl/N-ethyl adjacent to an activating group) is 1. The minimum Gasteiger partial charge on any atom is -0.296 e. The van der Waals surface area contributed by atoms with Gasteiger partial charge in [-0.1, -0.05) is 25.2 Å². The first-order chi connectivity index (χ1) is 10.5. The highest BCUT2D eigenvalue weighted by atomic mass is 16.2. The maximum Gasteiger partial charge on any atom is 0.243 e. The molecule has 1 fully saturated rings. The molecule has 1 aliphatic rings. The number of nitrogens with zero attached hydrogens (tertiary/aromatic N) is 2. The summed E-state index contributed by atoms with van der Waals surface area (Å²) >= 11 is 0. The molecule has 1 aliphatic heterocycles. The summed E-state index contributed by atoms with van der Waals surface area (Å²) in [7, 11) is 3.36. The van der Waals surface area contributed by atoms with E-state index in [1.54, 1.807) is 14.1 Å². The number of nitrogens with one attached hydrogen (secondary N) is 1. The highest BCUT2D eigenvalue weighted by molar-refractivity contribution is 6.36. The van der Waals surface area contributed by atoms with Crippen LogP contribution in [0.2, 0.25) is 0 Å². The first-order valence-corrected chi connectivity index (χ1v) is 7.35. The second-order valence-electron chi connectivity index (χ2n) is 5.14. The number of rotatable bonds is 7. The molecule has 1 heterocycles. The minimum absolute atomic E-state index is 0.236. The lowest BCUT2D eigenvalue weighted by molar-refractivity contribution is -0.137. The first kappa shape index (κ1) is 18.0. The molecule has 0 aromatic carbocycles. The maximum absolute atomic E-state index is 11.9. The lowest BCUT2D eigenvalue weighted by Gasteiger charge is -2.30. The predicted octanol–water partition coefficient (Wildman–Crippen LogP) is 0.886. The van der Waals surface area contributed by atoms with Crippen molar-refractivity contribution in [1.29, 1.82) is 0 Å². The van der Waals surface area contributed by atoms with E-state index >= 15 is 0 Å². The molecule has 1 saturated heterocycles. The van der Waals surface area contributed by atoms with Crippen molar-refractivity contribution < 1.29 is 14.4 Å². The van der Waals surface area contributed by atoms with Gasteiger partial charge in [-0.2, -0.15) is 0 Å². The van der Waals surface area contributed by atoms with Gasteiger partial charge in [0.2, 0.25) is 11.8 Å². The van der Waals surface area contributed by atoms with Crippen LogP contribution in [0.15, 0.2) is 28.8 Å². The zero-order chi connectivity index (χ0) is 16.5. The van der Waals surface area contributed by atoms with Crippen LogP contribution in [0.1, 0.15) is 26.2 Å². The Kier molecular flexibility index (Phi) is 7.39. The molecule has 2 amide bonds. The fraction of sp³-hybridized carbons (Fsp3) is 0.500. The Hall–Kier alpha value is -2.08. The molecule has 6 nitrogen and oxygen atoms in total. The number of carbonyl (C=O) groups excluding carboxylic acids is 3. The first-order valence-electron chi connectivity index (χ1n) is 7.35. The van der Waals surface area contributed by atoms with Gasteiger partial charge < -0.3 is 0 Å². The summed E-state index contributed by atoms with van der Waals surface area (Å²) in [5, 5.41) is 2.34. The second-order valence-corrected chi connectivity index (χ2v) is 5.14. The molecule has 120 valence electrons. The SMILES string of the molecule is CC/C=C/C=C(CN(C)C1CCC(=O)NC1=O)\C(C=O)=N/C. The lowest BCUT2D eigenvalue weighted by atomic mass is 10.0.